The number of carbonyl (C=O) groups excluding carboxylic acids is 1. The molecule has 5 nitrogen and oxygen atoms in total. The molecule has 114 valence electrons. The Morgan fingerprint density at radius 2 is 2.24 bits per heavy atom. The third-order valence-corrected chi connectivity index (χ3v) is 4.36. The van der Waals surface area contributed by atoms with Crippen LogP contribution in [0.4, 0.5) is 5.82 Å². The number of aryl methyl sites for hydroxylation is 1. The molecule has 0 spiro atoms. The van der Waals surface area contributed by atoms with E-state index in [1.165, 1.54) is 5.57 Å². The Balaban J connectivity index is 1.58. The topological polar surface area (TPSA) is 51.0 Å². The molecule has 0 aromatic carbocycles. The molecule has 0 saturated heterocycles. The second kappa shape index (κ2) is 6.00. The summed E-state index contributed by atoms with van der Waals surface area (Å²) >= 11 is 0. The summed E-state index contributed by atoms with van der Waals surface area (Å²) < 4.78 is 1.87. The summed E-state index contributed by atoms with van der Waals surface area (Å²) in [5, 5.41) is 8.38. The van der Waals surface area contributed by atoms with Gasteiger partial charge in [-0.3, -0.25) is 14.4 Å². The smallest absolute Gasteiger partial charge is 0.231 e. The molecular weight excluding hydrogens is 264 g/mol. The van der Waals surface area contributed by atoms with Gasteiger partial charge < -0.3 is 0 Å². The highest BCUT2D eigenvalue weighted by Crippen LogP contribution is 2.34. The van der Waals surface area contributed by atoms with Crippen LogP contribution >= 0.6 is 0 Å². The van der Waals surface area contributed by atoms with Crippen molar-refractivity contribution in [2.75, 3.05) is 11.4 Å². The third kappa shape index (κ3) is 3.34. The molecule has 2 saturated carbocycles. The summed E-state index contributed by atoms with van der Waals surface area (Å²) in [7, 11) is 0. The number of nitrogens with zero attached hydrogens (tertiary/aromatic N) is 4. The van der Waals surface area contributed by atoms with Gasteiger partial charge in [-0.25, -0.2) is 0 Å². The van der Waals surface area contributed by atoms with E-state index in [2.05, 4.69) is 23.8 Å². The number of hydrogen-bond acceptors (Lipinski definition) is 3. The van der Waals surface area contributed by atoms with Crippen LogP contribution in [0.2, 0.25) is 0 Å². The lowest BCUT2D eigenvalue weighted by Crippen LogP contribution is -2.33. The minimum atomic E-state index is 0.221. The molecule has 0 radical (unpaired) electrons. The van der Waals surface area contributed by atoms with Crippen molar-refractivity contribution in [3.63, 3.8) is 0 Å². The zero-order valence-corrected chi connectivity index (χ0v) is 12.8. The highest BCUT2D eigenvalue weighted by molar-refractivity contribution is 5.95. The molecule has 1 amide bonds. The van der Waals surface area contributed by atoms with E-state index in [0.717, 1.165) is 57.5 Å². The first-order valence-corrected chi connectivity index (χ1v) is 8.05. The van der Waals surface area contributed by atoms with E-state index in [1.54, 1.807) is 0 Å². The van der Waals surface area contributed by atoms with Gasteiger partial charge in [0.15, 0.2) is 5.82 Å². The molecule has 0 atom stereocenters. The van der Waals surface area contributed by atoms with E-state index in [4.69, 9.17) is 0 Å². The molecule has 0 bridgehead atoms. The fraction of sp³-hybridized carbons (Fsp3) is 0.688. The maximum absolute atomic E-state index is 12.3. The third-order valence-electron chi connectivity index (χ3n) is 4.36. The lowest BCUT2D eigenvalue weighted by Gasteiger charge is -2.27. The highest BCUT2D eigenvalue weighted by atomic mass is 16.2. The Labute approximate surface area is 126 Å². The average Bonchev–Trinajstić information content (AvgIpc) is 3.19. The molecule has 1 aromatic rings. The molecule has 0 N–H and O–H groups in total. The molecule has 2 aliphatic rings. The normalized spacial score (nSPS) is 18.6. The summed E-state index contributed by atoms with van der Waals surface area (Å²) in [6.45, 7) is 7.67. The molecule has 2 aliphatic carbocycles. The Kier molecular flexibility index (Phi) is 4.08. The predicted octanol–water partition coefficient (Wildman–Crippen LogP) is 2.79. The van der Waals surface area contributed by atoms with Crippen molar-refractivity contribution in [1.29, 1.82) is 0 Å². The molecule has 0 unspecified atom stereocenters. The van der Waals surface area contributed by atoms with Crippen LogP contribution in [-0.4, -0.2) is 27.4 Å². The number of carbonyl (C=O) groups is 1. The number of anilines is 1. The molecule has 0 aliphatic heterocycles. The van der Waals surface area contributed by atoms with Gasteiger partial charge in [0.2, 0.25) is 5.91 Å². The first-order chi connectivity index (χ1) is 10.2. The highest BCUT2D eigenvalue weighted by Gasteiger charge is 2.34. The Bertz CT molecular complexity index is 524. The van der Waals surface area contributed by atoms with Crippen LogP contribution in [0.3, 0.4) is 0 Å². The Morgan fingerprint density at radius 3 is 2.86 bits per heavy atom. The maximum Gasteiger partial charge on any atom is 0.231 e. The second-order valence-electron chi connectivity index (χ2n) is 6.42. The summed E-state index contributed by atoms with van der Waals surface area (Å²) in [5.41, 5.74) is 1.36. The van der Waals surface area contributed by atoms with Gasteiger partial charge in [-0.2, -0.15) is 0 Å². The zero-order valence-electron chi connectivity index (χ0n) is 12.8. The van der Waals surface area contributed by atoms with Gasteiger partial charge >= 0.3 is 0 Å². The van der Waals surface area contributed by atoms with E-state index in [0.29, 0.717) is 5.82 Å². The minimum absolute atomic E-state index is 0.221. The van der Waals surface area contributed by atoms with E-state index in [-0.39, 0.29) is 11.8 Å². The molecule has 21 heavy (non-hydrogen) atoms. The molecule has 3 rings (SSSR count). The lowest BCUT2D eigenvalue weighted by molar-refractivity contribution is -0.119. The molecule has 1 aromatic heterocycles. The van der Waals surface area contributed by atoms with Gasteiger partial charge in [-0.1, -0.05) is 24.3 Å². The van der Waals surface area contributed by atoms with E-state index in [1.807, 2.05) is 15.8 Å². The average molecular weight is 288 g/mol. The first-order valence-electron chi connectivity index (χ1n) is 8.05. The fourth-order valence-electron chi connectivity index (χ4n) is 2.91. The number of rotatable bonds is 7. The van der Waals surface area contributed by atoms with Crippen molar-refractivity contribution in [1.82, 2.24) is 15.0 Å². The van der Waals surface area contributed by atoms with Crippen LogP contribution in [0.5, 0.6) is 0 Å². The van der Waals surface area contributed by atoms with Crippen LogP contribution in [0, 0.1) is 11.8 Å². The summed E-state index contributed by atoms with van der Waals surface area (Å²) in [6, 6.07) is 0. The predicted molar refractivity (Wildman–Crippen MR) is 81.9 cm³/mol. The number of aromatic nitrogens is 3. The van der Waals surface area contributed by atoms with Crippen LogP contribution < -0.4 is 4.90 Å². The van der Waals surface area contributed by atoms with Crippen molar-refractivity contribution in [3.05, 3.63) is 18.3 Å². The van der Waals surface area contributed by atoms with Crippen molar-refractivity contribution in [3.8, 4) is 0 Å². The van der Waals surface area contributed by atoms with Crippen LogP contribution in [-0.2, 0) is 11.3 Å². The number of amides is 1. The number of hydrogen-bond donors (Lipinski definition) is 0. The van der Waals surface area contributed by atoms with Gasteiger partial charge in [0.1, 0.15) is 0 Å². The number of allylic oxidation sites excluding steroid dienone is 1. The van der Waals surface area contributed by atoms with Gasteiger partial charge in [0.05, 0.1) is 6.20 Å². The SMILES string of the molecule is C=C1CC(CCn2cc(N(CCC)C(=O)C3CC3)nn2)C1. The van der Waals surface area contributed by atoms with Crippen LogP contribution in [0.1, 0.15) is 45.4 Å². The van der Waals surface area contributed by atoms with E-state index >= 15 is 0 Å². The van der Waals surface area contributed by atoms with E-state index in [9.17, 15) is 4.79 Å². The summed E-state index contributed by atoms with van der Waals surface area (Å²) in [6.07, 6.45) is 8.34. The standard InChI is InChI=1S/C16H24N4O/c1-3-7-20(16(21)14-4-5-14)15-11-19(18-17-15)8-6-13-9-12(2)10-13/h11,13-14H,2-10H2,1H3. The van der Waals surface area contributed by atoms with Crippen LogP contribution in [0.15, 0.2) is 18.3 Å². The summed E-state index contributed by atoms with van der Waals surface area (Å²) in [4.78, 5) is 14.1. The van der Waals surface area contributed by atoms with Crippen molar-refractivity contribution >= 4 is 11.7 Å². The van der Waals surface area contributed by atoms with Gasteiger partial charge in [0, 0.05) is 19.0 Å². The second-order valence-corrected chi connectivity index (χ2v) is 6.42. The van der Waals surface area contributed by atoms with Crippen molar-refractivity contribution < 1.29 is 4.79 Å². The first kappa shape index (κ1) is 14.3. The van der Waals surface area contributed by atoms with Crippen molar-refractivity contribution in [2.24, 2.45) is 11.8 Å². The Morgan fingerprint density at radius 1 is 1.48 bits per heavy atom. The monoisotopic (exact) mass is 288 g/mol. The fourth-order valence-corrected chi connectivity index (χ4v) is 2.91. The van der Waals surface area contributed by atoms with Crippen LogP contribution in [0.25, 0.3) is 0 Å². The minimum Gasteiger partial charge on any atom is -0.294 e. The quantitative estimate of drug-likeness (QED) is 0.725. The van der Waals surface area contributed by atoms with Gasteiger partial charge in [-0.15, -0.1) is 5.10 Å². The molecule has 5 heteroatoms. The lowest BCUT2D eigenvalue weighted by atomic mass is 9.79. The van der Waals surface area contributed by atoms with Crippen molar-refractivity contribution in [2.45, 2.75) is 52.0 Å². The zero-order chi connectivity index (χ0) is 14.8. The molecule has 2 fully saturated rings. The maximum atomic E-state index is 12.3. The van der Waals surface area contributed by atoms with Gasteiger partial charge in [-0.05, 0) is 44.4 Å². The Hall–Kier alpha value is -1.65. The summed E-state index contributed by atoms with van der Waals surface area (Å²) in [5.74, 6) is 1.92. The van der Waals surface area contributed by atoms with E-state index < -0.39 is 0 Å². The largest absolute Gasteiger partial charge is 0.294 e. The molecular formula is C16H24N4O. The van der Waals surface area contributed by atoms with Gasteiger partial charge in [0.25, 0.3) is 0 Å². The molecule has 1 heterocycles.